The number of fused-ring (bicyclic) bond motifs is 1. The van der Waals surface area contributed by atoms with E-state index in [1.807, 2.05) is 19.2 Å². The molecule has 3 rings (SSSR count). The van der Waals surface area contributed by atoms with Crippen molar-refractivity contribution in [2.24, 2.45) is 7.05 Å². The van der Waals surface area contributed by atoms with Gasteiger partial charge in [0, 0.05) is 25.5 Å². The van der Waals surface area contributed by atoms with E-state index in [4.69, 9.17) is 16.3 Å². The molecule has 1 N–H and O–H groups in total. The van der Waals surface area contributed by atoms with Crippen LogP contribution in [0, 0.1) is 0 Å². The lowest BCUT2D eigenvalue weighted by atomic mass is 10.0. The second kappa shape index (κ2) is 4.29. The number of aryl methyl sites for hydroxylation is 1. The van der Waals surface area contributed by atoms with Crippen molar-refractivity contribution in [3.63, 3.8) is 0 Å². The van der Waals surface area contributed by atoms with E-state index in [0.29, 0.717) is 5.15 Å². The van der Waals surface area contributed by atoms with Gasteiger partial charge in [-0.3, -0.25) is 4.68 Å². The first-order valence-electron chi connectivity index (χ1n) is 5.71. The highest BCUT2D eigenvalue weighted by Crippen LogP contribution is 2.31. The molecule has 1 fully saturated rings. The van der Waals surface area contributed by atoms with Crippen LogP contribution in [0.25, 0.3) is 10.9 Å². The van der Waals surface area contributed by atoms with Gasteiger partial charge in [0.25, 0.3) is 0 Å². The molecule has 1 aliphatic heterocycles. The fourth-order valence-corrected chi connectivity index (χ4v) is 2.64. The van der Waals surface area contributed by atoms with Gasteiger partial charge >= 0.3 is 0 Å². The number of nitrogens with zero attached hydrogens (tertiary/aromatic N) is 2. The highest BCUT2D eigenvalue weighted by Gasteiger charge is 2.21. The van der Waals surface area contributed by atoms with Gasteiger partial charge in [-0.05, 0) is 11.6 Å². The lowest BCUT2D eigenvalue weighted by Crippen LogP contribution is -2.33. The van der Waals surface area contributed by atoms with Gasteiger partial charge in [0.2, 0.25) is 0 Å². The molecule has 0 radical (unpaired) electrons. The van der Waals surface area contributed by atoms with E-state index in [2.05, 4.69) is 16.5 Å². The van der Waals surface area contributed by atoms with Gasteiger partial charge in [-0.15, -0.1) is 0 Å². The maximum Gasteiger partial charge on any atom is 0.159 e. The van der Waals surface area contributed by atoms with Gasteiger partial charge in [-0.25, -0.2) is 0 Å². The predicted octanol–water partition coefficient (Wildman–Crippen LogP) is 1.89. The molecule has 17 heavy (non-hydrogen) atoms. The number of hydrogen-bond acceptors (Lipinski definition) is 3. The normalized spacial score (nSPS) is 20.9. The third-order valence-electron chi connectivity index (χ3n) is 3.14. The molecule has 1 aliphatic rings. The molecule has 0 saturated carbocycles. The first-order chi connectivity index (χ1) is 8.27. The molecule has 0 amide bonds. The molecule has 0 spiro atoms. The summed E-state index contributed by atoms with van der Waals surface area (Å²) in [6.45, 7) is 2.47. The quantitative estimate of drug-likeness (QED) is 0.841. The second-order valence-electron chi connectivity index (χ2n) is 4.22. The summed E-state index contributed by atoms with van der Waals surface area (Å²) in [5, 5.41) is 9.13. The van der Waals surface area contributed by atoms with Crippen LogP contribution in [-0.2, 0) is 11.8 Å². The molecular weight excluding hydrogens is 238 g/mol. The third-order valence-corrected chi connectivity index (χ3v) is 3.41. The lowest BCUT2D eigenvalue weighted by Gasteiger charge is -2.24. The summed E-state index contributed by atoms with van der Waals surface area (Å²) >= 11 is 6.19. The fraction of sp³-hybridized carbons (Fsp3) is 0.417. The second-order valence-corrected chi connectivity index (χ2v) is 4.58. The molecule has 90 valence electrons. The van der Waals surface area contributed by atoms with Gasteiger partial charge < -0.3 is 10.1 Å². The molecule has 1 saturated heterocycles. The molecule has 2 heterocycles. The van der Waals surface area contributed by atoms with Crippen molar-refractivity contribution in [2.75, 3.05) is 19.7 Å². The number of hydrogen-bond donors (Lipinski definition) is 1. The summed E-state index contributed by atoms with van der Waals surface area (Å²) in [4.78, 5) is 0. The average Bonchev–Trinajstić information content (AvgIpc) is 2.66. The van der Waals surface area contributed by atoms with E-state index in [1.54, 1.807) is 4.68 Å². The Bertz CT molecular complexity index is 546. The van der Waals surface area contributed by atoms with Crippen molar-refractivity contribution in [1.82, 2.24) is 15.1 Å². The number of benzene rings is 1. The number of aromatic nitrogens is 2. The van der Waals surface area contributed by atoms with Crippen LogP contribution in [0.2, 0.25) is 5.15 Å². The average molecular weight is 252 g/mol. The van der Waals surface area contributed by atoms with Crippen LogP contribution in [0.1, 0.15) is 11.7 Å². The number of nitrogens with one attached hydrogen (secondary N) is 1. The summed E-state index contributed by atoms with van der Waals surface area (Å²) in [5.74, 6) is 0. The SMILES string of the molecule is Cn1nc(Cl)c2c(C3CNCCO3)cccc21. The smallest absolute Gasteiger partial charge is 0.159 e. The van der Waals surface area contributed by atoms with E-state index in [9.17, 15) is 0 Å². The van der Waals surface area contributed by atoms with Crippen LogP contribution >= 0.6 is 11.6 Å². The predicted molar refractivity (Wildman–Crippen MR) is 67.3 cm³/mol. The summed E-state index contributed by atoms with van der Waals surface area (Å²) < 4.78 is 7.58. The van der Waals surface area contributed by atoms with Crippen LogP contribution in [-0.4, -0.2) is 29.5 Å². The van der Waals surface area contributed by atoms with E-state index in [0.717, 1.165) is 36.2 Å². The topological polar surface area (TPSA) is 39.1 Å². The Morgan fingerprint density at radius 1 is 1.53 bits per heavy atom. The molecule has 2 aromatic rings. The molecule has 5 heteroatoms. The highest BCUT2D eigenvalue weighted by atomic mass is 35.5. The maximum absolute atomic E-state index is 6.19. The van der Waals surface area contributed by atoms with Crippen LogP contribution in [0.4, 0.5) is 0 Å². The molecule has 1 atom stereocenters. The summed E-state index contributed by atoms with van der Waals surface area (Å²) in [5.41, 5.74) is 2.16. The zero-order valence-electron chi connectivity index (χ0n) is 9.61. The van der Waals surface area contributed by atoms with Crippen molar-refractivity contribution in [1.29, 1.82) is 0 Å². The summed E-state index contributed by atoms with van der Waals surface area (Å²) in [6, 6.07) is 6.11. The third kappa shape index (κ3) is 1.82. The Hall–Kier alpha value is -1.10. The van der Waals surface area contributed by atoms with Crippen LogP contribution in [0.5, 0.6) is 0 Å². The number of rotatable bonds is 1. The zero-order chi connectivity index (χ0) is 11.8. The van der Waals surface area contributed by atoms with Crippen LogP contribution in [0.15, 0.2) is 18.2 Å². The Balaban J connectivity index is 2.15. The minimum Gasteiger partial charge on any atom is -0.371 e. The van der Waals surface area contributed by atoms with E-state index >= 15 is 0 Å². The Morgan fingerprint density at radius 2 is 2.41 bits per heavy atom. The van der Waals surface area contributed by atoms with Crippen molar-refractivity contribution in [3.05, 3.63) is 28.9 Å². The van der Waals surface area contributed by atoms with Crippen molar-refractivity contribution in [2.45, 2.75) is 6.10 Å². The summed E-state index contributed by atoms with van der Waals surface area (Å²) in [7, 11) is 1.90. The minimum atomic E-state index is 0.0640. The number of ether oxygens (including phenoxy) is 1. The molecule has 0 bridgehead atoms. The first-order valence-corrected chi connectivity index (χ1v) is 6.08. The minimum absolute atomic E-state index is 0.0640. The van der Waals surface area contributed by atoms with Gasteiger partial charge in [0.15, 0.2) is 5.15 Å². The van der Waals surface area contributed by atoms with Gasteiger partial charge in [-0.2, -0.15) is 5.10 Å². The molecule has 1 aromatic heterocycles. The standard InChI is InChI=1S/C12H14ClN3O/c1-16-9-4-2-3-8(11(9)12(13)15-16)10-7-14-5-6-17-10/h2-4,10,14H,5-7H2,1H3. The van der Waals surface area contributed by atoms with Gasteiger partial charge in [0.05, 0.1) is 18.2 Å². The Kier molecular flexibility index (Phi) is 2.78. The fourth-order valence-electron chi connectivity index (χ4n) is 2.32. The van der Waals surface area contributed by atoms with Crippen LogP contribution in [0.3, 0.4) is 0 Å². The molecule has 0 aliphatic carbocycles. The van der Waals surface area contributed by atoms with E-state index in [-0.39, 0.29) is 6.10 Å². The maximum atomic E-state index is 6.19. The Labute approximate surface area is 105 Å². The monoisotopic (exact) mass is 251 g/mol. The molecule has 4 nitrogen and oxygen atoms in total. The molecular formula is C12H14ClN3O. The molecule has 1 unspecified atom stereocenters. The largest absolute Gasteiger partial charge is 0.371 e. The van der Waals surface area contributed by atoms with E-state index < -0.39 is 0 Å². The van der Waals surface area contributed by atoms with Gasteiger partial charge in [0.1, 0.15) is 0 Å². The van der Waals surface area contributed by atoms with Gasteiger partial charge in [-0.1, -0.05) is 23.7 Å². The Morgan fingerprint density at radius 3 is 3.18 bits per heavy atom. The van der Waals surface area contributed by atoms with Crippen LogP contribution < -0.4 is 5.32 Å². The van der Waals surface area contributed by atoms with Crippen molar-refractivity contribution >= 4 is 22.5 Å². The highest BCUT2D eigenvalue weighted by molar-refractivity contribution is 6.34. The zero-order valence-corrected chi connectivity index (χ0v) is 10.4. The lowest BCUT2D eigenvalue weighted by molar-refractivity contribution is 0.0286. The number of morpholine rings is 1. The first kappa shape index (κ1) is 11.0. The molecule has 1 aromatic carbocycles. The number of halogens is 1. The van der Waals surface area contributed by atoms with E-state index in [1.165, 1.54) is 0 Å². The van der Waals surface area contributed by atoms with Crippen molar-refractivity contribution in [3.8, 4) is 0 Å². The van der Waals surface area contributed by atoms with Crippen molar-refractivity contribution < 1.29 is 4.74 Å². The summed E-state index contributed by atoms with van der Waals surface area (Å²) in [6.07, 6.45) is 0.0640.